The molecule has 100 valence electrons. The van der Waals surface area contributed by atoms with Crippen LogP contribution in [0, 0.1) is 11.3 Å². The summed E-state index contributed by atoms with van der Waals surface area (Å²) in [7, 11) is 0. The Morgan fingerprint density at radius 3 is 2.53 bits per heavy atom. The second-order valence-corrected chi connectivity index (χ2v) is 5.69. The summed E-state index contributed by atoms with van der Waals surface area (Å²) < 4.78 is 0. The predicted octanol–water partition coefficient (Wildman–Crippen LogP) is 2.32. The standard InChI is InChI=1S/C14H28N2O/c1-5-7-14(8-9-15-10-14)13(17)16-12(6-2)11(3)4/h11-12,15H,5-10H2,1-4H3,(H,16,17). The Hall–Kier alpha value is -0.570. The molecule has 1 amide bonds. The molecule has 3 heteroatoms. The van der Waals surface area contributed by atoms with Crippen molar-refractivity contribution < 1.29 is 4.79 Å². The smallest absolute Gasteiger partial charge is 0.227 e. The van der Waals surface area contributed by atoms with Gasteiger partial charge in [0, 0.05) is 12.6 Å². The SMILES string of the molecule is CCCC1(C(=O)NC(CC)C(C)C)CCNC1. The highest BCUT2D eigenvalue weighted by atomic mass is 16.2. The van der Waals surface area contributed by atoms with Crippen LogP contribution in [0.4, 0.5) is 0 Å². The highest BCUT2D eigenvalue weighted by Crippen LogP contribution is 2.31. The number of carbonyl (C=O) groups excluding carboxylic acids is 1. The lowest BCUT2D eigenvalue weighted by molar-refractivity contribution is -0.131. The van der Waals surface area contributed by atoms with Crippen molar-refractivity contribution in [3.8, 4) is 0 Å². The van der Waals surface area contributed by atoms with Crippen LogP contribution in [-0.2, 0) is 4.79 Å². The number of amides is 1. The minimum Gasteiger partial charge on any atom is -0.353 e. The van der Waals surface area contributed by atoms with Crippen LogP contribution < -0.4 is 10.6 Å². The molecular formula is C14H28N2O. The molecule has 1 saturated heterocycles. The molecule has 0 aliphatic carbocycles. The molecule has 0 aromatic carbocycles. The number of hydrogen-bond acceptors (Lipinski definition) is 2. The van der Waals surface area contributed by atoms with Crippen molar-refractivity contribution in [3.05, 3.63) is 0 Å². The summed E-state index contributed by atoms with van der Waals surface area (Å²) in [6.07, 6.45) is 4.08. The quantitative estimate of drug-likeness (QED) is 0.748. The highest BCUT2D eigenvalue weighted by Gasteiger charge is 2.40. The van der Waals surface area contributed by atoms with Crippen molar-refractivity contribution in [2.45, 2.75) is 59.4 Å². The monoisotopic (exact) mass is 240 g/mol. The molecule has 0 aromatic heterocycles. The summed E-state index contributed by atoms with van der Waals surface area (Å²) in [6.45, 7) is 10.5. The van der Waals surface area contributed by atoms with Crippen LogP contribution >= 0.6 is 0 Å². The molecule has 2 N–H and O–H groups in total. The maximum atomic E-state index is 12.5. The normalized spacial score (nSPS) is 26.2. The van der Waals surface area contributed by atoms with Gasteiger partial charge in [0.1, 0.15) is 0 Å². The van der Waals surface area contributed by atoms with Crippen LogP contribution in [0.1, 0.15) is 53.4 Å². The Labute approximate surface area is 106 Å². The van der Waals surface area contributed by atoms with Crippen LogP contribution in [-0.4, -0.2) is 25.0 Å². The first kappa shape index (κ1) is 14.5. The van der Waals surface area contributed by atoms with E-state index in [1.54, 1.807) is 0 Å². The second kappa shape index (κ2) is 6.39. The average molecular weight is 240 g/mol. The van der Waals surface area contributed by atoms with Crippen molar-refractivity contribution in [3.63, 3.8) is 0 Å². The first-order chi connectivity index (χ1) is 8.05. The van der Waals surface area contributed by atoms with Crippen molar-refractivity contribution in [2.24, 2.45) is 11.3 Å². The molecule has 17 heavy (non-hydrogen) atoms. The zero-order valence-corrected chi connectivity index (χ0v) is 11.8. The lowest BCUT2D eigenvalue weighted by atomic mass is 9.81. The summed E-state index contributed by atoms with van der Waals surface area (Å²) in [5.74, 6) is 0.780. The van der Waals surface area contributed by atoms with Gasteiger partial charge in [-0.25, -0.2) is 0 Å². The van der Waals surface area contributed by atoms with Crippen molar-refractivity contribution >= 4 is 5.91 Å². The maximum absolute atomic E-state index is 12.5. The summed E-state index contributed by atoms with van der Waals surface area (Å²) in [4.78, 5) is 12.5. The molecule has 0 bridgehead atoms. The molecule has 0 saturated carbocycles. The molecule has 1 rings (SSSR count). The molecule has 2 atom stereocenters. The summed E-state index contributed by atoms with van der Waals surface area (Å²) in [5, 5.41) is 6.59. The molecule has 1 aliphatic rings. The number of rotatable bonds is 6. The third kappa shape index (κ3) is 3.44. The summed E-state index contributed by atoms with van der Waals surface area (Å²) >= 11 is 0. The lowest BCUT2D eigenvalue weighted by Crippen LogP contribution is -2.48. The van der Waals surface area contributed by atoms with E-state index in [0.717, 1.165) is 38.8 Å². The summed E-state index contributed by atoms with van der Waals surface area (Å²) in [6, 6.07) is 0.317. The molecule has 0 radical (unpaired) electrons. The molecule has 1 heterocycles. The Morgan fingerprint density at radius 1 is 1.41 bits per heavy atom. The molecule has 0 spiro atoms. The number of carbonyl (C=O) groups is 1. The zero-order valence-electron chi connectivity index (χ0n) is 11.8. The van der Waals surface area contributed by atoms with Crippen LogP contribution in [0.15, 0.2) is 0 Å². The Balaban J connectivity index is 2.65. The van der Waals surface area contributed by atoms with E-state index in [-0.39, 0.29) is 11.3 Å². The first-order valence-electron chi connectivity index (χ1n) is 7.07. The van der Waals surface area contributed by atoms with Crippen molar-refractivity contribution in [1.82, 2.24) is 10.6 Å². The molecular weight excluding hydrogens is 212 g/mol. The lowest BCUT2D eigenvalue weighted by Gasteiger charge is -2.30. The van der Waals surface area contributed by atoms with E-state index in [9.17, 15) is 4.79 Å². The number of hydrogen-bond donors (Lipinski definition) is 2. The van der Waals surface area contributed by atoms with Gasteiger partial charge < -0.3 is 10.6 Å². The maximum Gasteiger partial charge on any atom is 0.227 e. The van der Waals surface area contributed by atoms with Crippen LogP contribution in [0.3, 0.4) is 0 Å². The van der Waals surface area contributed by atoms with E-state index >= 15 is 0 Å². The topological polar surface area (TPSA) is 41.1 Å². The van der Waals surface area contributed by atoms with Gasteiger partial charge in [0.15, 0.2) is 0 Å². The fourth-order valence-corrected chi connectivity index (χ4v) is 2.80. The molecule has 3 nitrogen and oxygen atoms in total. The average Bonchev–Trinajstić information content (AvgIpc) is 2.75. The van der Waals surface area contributed by atoms with Crippen molar-refractivity contribution in [1.29, 1.82) is 0 Å². The van der Waals surface area contributed by atoms with E-state index in [0.29, 0.717) is 12.0 Å². The van der Waals surface area contributed by atoms with E-state index < -0.39 is 0 Å². The van der Waals surface area contributed by atoms with Gasteiger partial charge in [-0.3, -0.25) is 4.79 Å². The van der Waals surface area contributed by atoms with Gasteiger partial charge in [-0.2, -0.15) is 0 Å². The minimum absolute atomic E-state index is 0.142. The van der Waals surface area contributed by atoms with Gasteiger partial charge in [-0.05, 0) is 31.7 Å². The van der Waals surface area contributed by atoms with E-state index in [1.807, 2.05) is 0 Å². The molecule has 2 unspecified atom stereocenters. The van der Waals surface area contributed by atoms with Gasteiger partial charge in [0.2, 0.25) is 5.91 Å². The van der Waals surface area contributed by atoms with Gasteiger partial charge in [0.05, 0.1) is 5.41 Å². The van der Waals surface area contributed by atoms with Gasteiger partial charge in [-0.15, -0.1) is 0 Å². The Kier molecular flexibility index (Phi) is 5.44. The predicted molar refractivity (Wildman–Crippen MR) is 71.9 cm³/mol. The fourth-order valence-electron chi connectivity index (χ4n) is 2.80. The van der Waals surface area contributed by atoms with Gasteiger partial charge in [0.25, 0.3) is 0 Å². The molecule has 1 aliphatic heterocycles. The minimum atomic E-state index is -0.142. The van der Waals surface area contributed by atoms with Crippen LogP contribution in [0.2, 0.25) is 0 Å². The van der Waals surface area contributed by atoms with E-state index in [4.69, 9.17) is 0 Å². The third-order valence-corrected chi connectivity index (χ3v) is 4.01. The first-order valence-corrected chi connectivity index (χ1v) is 7.07. The largest absolute Gasteiger partial charge is 0.353 e. The van der Waals surface area contributed by atoms with E-state index in [2.05, 4.69) is 38.3 Å². The van der Waals surface area contributed by atoms with Crippen LogP contribution in [0.25, 0.3) is 0 Å². The van der Waals surface area contributed by atoms with Crippen molar-refractivity contribution in [2.75, 3.05) is 13.1 Å². The molecule has 1 fully saturated rings. The highest BCUT2D eigenvalue weighted by molar-refractivity contribution is 5.83. The van der Waals surface area contributed by atoms with Crippen LogP contribution in [0.5, 0.6) is 0 Å². The zero-order chi connectivity index (χ0) is 12.9. The summed E-state index contributed by atoms with van der Waals surface area (Å²) in [5.41, 5.74) is -0.142. The Bertz CT molecular complexity index is 245. The van der Waals surface area contributed by atoms with Gasteiger partial charge >= 0.3 is 0 Å². The third-order valence-electron chi connectivity index (χ3n) is 4.01. The van der Waals surface area contributed by atoms with Gasteiger partial charge in [-0.1, -0.05) is 34.1 Å². The molecule has 0 aromatic rings. The second-order valence-electron chi connectivity index (χ2n) is 5.69. The van der Waals surface area contributed by atoms with E-state index in [1.165, 1.54) is 0 Å². The fraction of sp³-hybridized carbons (Fsp3) is 0.929. The Morgan fingerprint density at radius 2 is 2.12 bits per heavy atom. The number of nitrogens with one attached hydrogen (secondary N) is 2.